The van der Waals surface area contributed by atoms with E-state index in [4.69, 9.17) is 0 Å². The number of rotatable bonds is 5. The minimum absolute atomic E-state index is 0.387. The lowest BCUT2D eigenvalue weighted by atomic mass is 9.74. The molecule has 1 saturated carbocycles. The van der Waals surface area contributed by atoms with Gasteiger partial charge in [0.25, 0.3) is 0 Å². The van der Waals surface area contributed by atoms with Crippen molar-refractivity contribution in [3.63, 3.8) is 0 Å². The molecule has 0 aromatic heterocycles. The molecule has 0 bridgehead atoms. The molecule has 0 spiro atoms. The van der Waals surface area contributed by atoms with Gasteiger partial charge in [-0.15, -0.1) is 0 Å². The molecular weight excluding hydrogens is 184 g/mol. The monoisotopic (exact) mass is 212 g/mol. The highest BCUT2D eigenvalue weighted by Gasteiger charge is 2.39. The van der Waals surface area contributed by atoms with Gasteiger partial charge < -0.3 is 10.2 Å². The van der Waals surface area contributed by atoms with Crippen LogP contribution in [-0.2, 0) is 0 Å². The predicted molar refractivity (Wildman–Crippen MR) is 67.3 cm³/mol. The summed E-state index contributed by atoms with van der Waals surface area (Å²) in [7, 11) is 6.61. The van der Waals surface area contributed by atoms with Crippen molar-refractivity contribution in [3.05, 3.63) is 0 Å². The molecule has 0 aromatic carbocycles. The second-order valence-electron chi connectivity index (χ2n) is 5.23. The van der Waals surface area contributed by atoms with Crippen LogP contribution in [0.3, 0.4) is 0 Å². The van der Waals surface area contributed by atoms with Crippen molar-refractivity contribution in [3.8, 4) is 0 Å². The number of likely N-dealkylation sites (N-methyl/N-ethyl adjacent to an activating group) is 2. The van der Waals surface area contributed by atoms with Crippen LogP contribution in [0.5, 0.6) is 0 Å². The average Bonchev–Trinajstić information content (AvgIpc) is 2.26. The molecule has 0 saturated heterocycles. The van der Waals surface area contributed by atoms with Gasteiger partial charge in [-0.2, -0.15) is 0 Å². The molecule has 15 heavy (non-hydrogen) atoms. The van der Waals surface area contributed by atoms with Gasteiger partial charge in [0.1, 0.15) is 0 Å². The molecule has 90 valence electrons. The second-order valence-corrected chi connectivity index (χ2v) is 5.23. The van der Waals surface area contributed by atoms with Gasteiger partial charge >= 0.3 is 0 Å². The SMILES string of the molecule is CCCCC1(NC)CCCCC1N(C)C. The summed E-state index contributed by atoms with van der Waals surface area (Å²) in [5.41, 5.74) is 0.387. The van der Waals surface area contributed by atoms with E-state index >= 15 is 0 Å². The maximum atomic E-state index is 3.64. The first-order valence-electron chi connectivity index (χ1n) is 6.51. The van der Waals surface area contributed by atoms with Crippen molar-refractivity contribution in [1.82, 2.24) is 10.2 Å². The third kappa shape index (κ3) is 2.94. The number of hydrogen-bond donors (Lipinski definition) is 1. The summed E-state index contributed by atoms with van der Waals surface area (Å²) in [5, 5.41) is 3.64. The zero-order valence-electron chi connectivity index (χ0n) is 11.0. The van der Waals surface area contributed by atoms with E-state index in [1.165, 1.54) is 44.9 Å². The van der Waals surface area contributed by atoms with Gasteiger partial charge in [0, 0.05) is 11.6 Å². The molecular formula is C13H28N2. The number of nitrogens with one attached hydrogen (secondary N) is 1. The van der Waals surface area contributed by atoms with E-state index in [0.717, 1.165) is 6.04 Å². The third-order valence-corrected chi connectivity index (χ3v) is 4.09. The van der Waals surface area contributed by atoms with E-state index in [0.29, 0.717) is 5.54 Å². The first kappa shape index (κ1) is 13.0. The van der Waals surface area contributed by atoms with E-state index in [9.17, 15) is 0 Å². The van der Waals surface area contributed by atoms with E-state index in [2.05, 4.69) is 38.3 Å². The Balaban J connectivity index is 2.70. The molecule has 2 heteroatoms. The second kappa shape index (κ2) is 5.86. The highest BCUT2D eigenvalue weighted by Crippen LogP contribution is 2.34. The summed E-state index contributed by atoms with van der Waals surface area (Å²) >= 11 is 0. The first-order chi connectivity index (χ1) is 7.16. The van der Waals surface area contributed by atoms with Crippen molar-refractivity contribution in [2.24, 2.45) is 0 Å². The average molecular weight is 212 g/mol. The highest BCUT2D eigenvalue weighted by molar-refractivity contribution is 5.00. The molecule has 1 rings (SSSR count). The molecule has 1 N–H and O–H groups in total. The maximum Gasteiger partial charge on any atom is 0.0334 e. The Morgan fingerprint density at radius 3 is 2.60 bits per heavy atom. The predicted octanol–water partition coefficient (Wildman–Crippen LogP) is 2.64. The molecule has 0 aromatic rings. The van der Waals surface area contributed by atoms with Gasteiger partial charge in [0.05, 0.1) is 0 Å². The van der Waals surface area contributed by atoms with E-state index in [1.807, 2.05) is 0 Å². The summed E-state index contributed by atoms with van der Waals surface area (Å²) < 4.78 is 0. The van der Waals surface area contributed by atoms with Crippen LogP contribution in [0.15, 0.2) is 0 Å². The number of hydrogen-bond acceptors (Lipinski definition) is 2. The Morgan fingerprint density at radius 1 is 1.33 bits per heavy atom. The van der Waals surface area contributed by atoms with Crippen molar-refractivity contribution in [1.29, 1.82) is 0 Å². The molecule has 2 atom stereocenters. The van der Waals surface area contributed by atoms with Gasteiger partial charge in [-0.1, -0.05) is 32.6 Å². The van der Waals surface area contributed by atoms with E-state index < -0.39 is 0 Å². The van der Waals surface area contributed by atoms with Crippen LogP contribution in [0.1, 0.15) is 51.9 Å². The minimum Gasteiger partial charge on any atom is -0.313 e. The van der Waals surface area contributed by atoms with E-state index in [1.54, 1.807) is 0 Å². The summed E-state index contributed by atoms with van der Waals surface area (Å²) in [6.07, 6.45) is 9.51. The fourth-order valence-electron chi connectivity index (χ4n) is 3.17. The lowest BCUT2D eigenvalue weighted by molar-refractivity contribution is 0.0893. The zero-order chi connectivity index (χ0) is 11.3. The molecule has 1 fully saturated rings. The molecule has 1 aliphatic rings. The summed E-state index contributed by atoms with van der Waals surface area (Å²) in [6, 6.07) is 0.725. The number of nitrogens with zero attached hydrogens (tertiary/aromatic N) is 1. The lowest BCUT2D eigenvalue weighted by Crippen LogP contribution is -2.59. The smallest absolute Gasteiger partial charge is 0.0334 e. The van der Waals surface area contributed by atoms with Crippen molar-refractivity contribution >= 4 is 0 Å². The van der Waals surface area contributed by atoms with Crippen LogP contribution >= 0.6 is 0 Å². The first-order valence-corrected chi connectivity index (χ1v) is 6.51. The minimum atomic E-state index is 0.387. The van der Waals surface area contributed by atoms with Crippen LogP contribution in [0.4, 0.5) is 0 Å². The lowest BCUT2D eigenvalue weighted by Gasteiger charge is -2.47. The molecule has 0 radical (unpaired) electrons. The van der Waals surface area contributed by atoms with Gasteiger partial charge in [-0.05, 0) is 40.4 Å². The van der Waals surface area contributed by atoms with Crippen LogP contribution < -0.4 is 5.32 Å². The zero-order valence-corrected chi connectivity index (χ0v) is 11.0. The van der Waals surface area contributed by atoms with Crippen molar-refractivity contribution < 1.29 is 0 Å². The Hall–Kier alpha value is -0.0800. The van der Waals surface area contributed by atoms with Gasteiger partial charge in [-0.3, -0.25) is 0 Å². The molecule has 0 aliphatic heterocycles. The van der Waals surface area contributed by atoms with Crippen LogP contribution in [0, 0.1) is 0 Å². The topological polar surface area (TPSA) is 15.3 Å². The fourth-order valence-corrected chi connectivity index (χ4v) is 3.17. The molecule has 0 amide bonds. The third-order valence-electron chi connectivity index (χ3n) is 4.09. The summed E-state index contributed by atoms with van der Waals surface area (Å²) in [5.74, 6) is 0. The van der Waals surface area contributed by atoms with Crippen LogP contribution in [0.25, 0.3) is 0 Å². The van der Waals surface area contributed by atoms with Gasteiger partial charge in [0.15, 0.2) is 0 Å². The summed E-state index contributed by atoms with van der Waals surface area (Å²) in [6.45, 7) is 2.29. The van der Waals surface area contributed by atoms with Gasteiger partial charge in [0.2, 0.25) is 0 Å². The van der Waals surface area contributed by atoms with Crippen molar-refractivity contribution in [2.75, 3.05) is 21.1 Å². The van der Waals surface area contributed by atoms with Crippen LogP contribution in [-0.4, -0.2) is 37.6 Å². The van der Waals surface area contributed by atoms with Crippen LogP contribution in [0.2, 0.25) is 0 Å². The summed E-state index contributed by atoms with van der Waals surface area (Å²) in [4.78, 5) is 2.42. The normalized spacial score (nSPS) is 32.2. The Morgan fingerprint density at radius 2 is 2.07 bits per heavy atom. The quantitative estimate of drug-likeness (QED) is 0.753. The molecule has 2 nitrogen and oxygen atoms in total. The van der Waals surface area contributed by atoms with Gasteiger partial charge in [-0.25, -0.2) is 0 Å². The molecule has 1 aliphatic carbocycles. The van der Waals surface area contributed by atoms with Crippen molar-refractivity contribution in [2.45, 2.75) is 63.5 Å². The largest absolute Gasteiger partial charge is 0.313 e. The molecule has 2 unspecified atom stereocenters. The standard InChI is InChI=1S/C13H28N2/c1-5-6-10-13(14-2)11-8-7-9-12(13)15(3)4/h12,14H,5-11H2,1-4H3. The molecule has 0 heterocycles. The Kier molecular flexibility index (Phi) is 5.07. The fraction of sp³-hybridized carbons (Fsp3) is 1.00. The maximum absolute atomic E-state index is 3.64. The number of unbranched alkanes of at least 4 members (excludes halogenated alkanes) is 1. The highest BCUT2D eigenvalue weighted by atomic mass is 15.2. The Labute approximate surface area is 95.4 Å². The Bertz CT molecular complexity index is 179. The van der Waals surface area contributed by atoms with E-state index in [-0.39, 0.29) is 0 Å².